The van der Waals surface area contributed by atoms with Crippen LogP contribution < -0.4 is 10.2 Å². The number of rotatable bonds is 7. The van der Waals surface area contributed by atoms with Crippen LogP contribution in [0.15, 0.2) is 53.0 Å². The number of H-pyrrole nitrogens is 1. The van der Waals surface area contributed by atoms with Crippen LogP contribution in [0.5, 0.6) is 5.75 Å². The van der Waals surface area contributed by atoms with E-state index in [0.717, 1.165) is 33.6 Å². The second-order valence-corrected chi connectivity index (χ2v) is 6.74. The number of ether oxygens (including phenoxy) is 1. The normalized spacial score (nSPS) is 10.6. The van der Waals surface area contributed by atoms with Gasteiger partial charge in [-0.25, -0.2) is 9.77 Å². The van der Waals surface area contributed by atoms with E-state index < -0.39 is 0 Å². The Morgan fingerprint density at radius 3 is 2.76 bits per heavy atom. The number of halogens is 1. The zero-order valence-corrected chi connectivity index (χ0v) is 16.2. The summed E-state index contributed by atoms with van der Waals surface area (Å²) in [6.07, 6.45) is 0.983. The second kappa shape index (κ2) is 8.31. The molecule has 0 radical (unpaired) electrons. The number of benzene rings is 2. The van der Waals surface area contributed by atoms with Crippen molar-refractivity contribution in [2.75, 3.05) is 12.0 Å². The van der Waals surface area contributed by atoms with Crippen molar-refractivity contribution in [3.63, 3.8) is 0 Å². The van der Waals surface area contributed by atoms with Crippen LogP contribution in [0.2, 0.25) is 0 Å². The number of aromatic amines is 1. The molecule has 0 bridgehead atoms. The van der Waals surface area contributed by atoms with Crippen molar-refractivity contribution < 1.29 is 4.74 Å². The number of hydrogen-bond donors (Lipinski definition) is 2. The third-order valence-electron chi connectivity index (χ3n) is 3.60. The fourth-order valence-corrected chi connectivity index (χ4v) is 3.12. The average Bonchev–Trinajstić information content (AvgIpc) is 3.00. The topological polar surface area (TPSA) is 54.9 Å². The zero-order chi connectivity index (χ0) is 17.6. The van der Waals surface area contributed by atoms with Crippen LogP contribution in [0.3, 0.4) is 0 Å². The molecule has 1 aromatic heterocycles. The number of hydrogen-bond acceptors (Lipinski definition) is 4. The molecule has 25 heavy (non-hydrogen) atoms. The number of nitrogens with one attached hydrogen (secondary N) is 2. The maximum Gasteiger partial charge on any atom is 0.214 e. The van der Waals surface area contributed by atoms with Crippen LogP contribution in [0.25, 0.3) is 11.4 Å². The van der Waals surface area contributed by atoms with E-state index in [2.05, 4.69) is 38.5 Å². The highest BCUT2D eigenvalue weighted by Crippen LogP contribution is 2.26. The summed E-state index contributed by atoms with van der Waals surface area (Å²) in [6.45, 7) is 3.41. The summed E-state index contributed by atoms with van der Waals surface area (Å²) in [5, 5.41) is 7.16. The minimum Gasteiger partial charge on any atom is -0.492 e. The smallest absolute Gasteiger partial charge is 0.214 e. The molecule has 3 rings (SSSR count). The molecule has 0 aliphatic heterocycles. The summed E-state index contributed by atoms with van der Waals surface area (Å²) in [6, 6.07) is 16.0. The van der Waals surface area contributed by atoms with Gasteiger partial charge in [-0.2, -0.15) is 5.10 Å². The van der Waals surface area contributed by atoms with Gasteiger partial charge >= 0.3 is 0 Å². The van der Waals surface area contributed by atoms with Crippen molar-refractivity contribution in [1.29, 1.82) is 0 Å². The van der Waals surface area contributed by atoms with Gasteiger partial charge in [0.05, 0.1) is 17.6 Å². The highest BCUT2D eigenvalue weighted by atomic mass is 79.9. The summed E-state index contributed by atoms with van der Waals surface area (Å²) >= 11 is 8.90. The fraction of sp³-hybridized carbons (Fsp3) is 0.222. The Balaban J connectivity index is 1.75. The van der Waals surface area contributed by atoms with Crippen molar-refractivity contribution >= 4 is 28.1 Å². The van der Waals surface area contributed by atoms with Gasteiger partial charge in [-0.05, 0) is 52.3 Å². The quantitative estimate of drug-likeness (QED) is 0.535. The molecule has 0 fully saturated rings. The van der Waals surface area contributed by atoms with Crippen LogP contribution in [-0.2, 0) is 6.54 Å². The van der Waals surface area contributed by atoms with E-state index in [0.29, 0.717) is 17.9 Å². The van der Waals surface area contributed by atoms with Crippen LogP contribution in [0.4, 0.5) is 0 Å². The molecule has 130 valence electrons. The molecular formula is C18H19BrN4OS. The lowest BCUT2D eigenvalue weighted by Crippen LogP contribution is -2.16. The van der Waals surface area contributed by atoms with Gasteiger partial charge in [0.25, 0.3) is 0 Å². The van der Waals surface area contributed by atoms with Gasteiger partial charge in [0.15, 0.2) is 5.82 Å². The van der Waals surface area contributed by atoms with E-state index in [4.69, 9.17) is 17.0 Å². The van der Waals surface area contributed by atoms with Crippen molar-refractivity contribution in [3.8, 4) is 17.1 Å². The SMILES string of the molecule is CCCOc1ccc(CNn2c(-c3ccccc3)n[nH]c2=S)cc1Br. The van der Waals surface area contributed by atoms with E-state index in [-0.39, 0.29) is 0 Å². The van der Waals surface area contributed by atoms with Gasteiger partial charge < -0.3 is 10.2 Å². The molecule has 0 spiro atoms. The van der Waals surface area contributed by atoms with Gasteiger partial charge in [0.1, 0.15) is 5.75 Å². The van der Waals surface area contributed by atoms with Crippen molar-refractivity contribution in [3.05, 3.63) is 63.3 Å². The van der Waals surface area contributed by atoms with Crippen LogP contribution in [0.1, 0.15) is 18.9 Å². The highest BCUT2D eigenvalue weighted by Gasteiger charge is 2.09. The first-order valence-corrected chi connectivity index (χ1v) is 9.27. The molecule has 3 aromatic rings. The van der Waals surface area contributed by atoms with Crippen LogP contribution >= 0.6 is 28.1 Å². The van der Waals surface area contributed by atoms with Gasteiger partial charge in [-0.1, -0.05) is 43.3 Å². The molecule has 7 heteroatoms. The molecule has 1 heterocycles. The third-order valence-corrected chi connectivity index (χ3v) is 4.50. The Labute approximate surface area is 160 Å². The largest absolute Gasteiger partial charge is 0.492 e. The maximum atomic E-state index is 5.68. The summed E-state index contributed by atoms with van der Waals surface area (Å²) in [7, 11) is 0. The lowest BCUT2D eigenvalue weighted by atomic mass is 10.2. The molecule has 0 amide bonds. The predicted molar refractivity (Wildman–Crippen MR) is 106 cm³/mol. The van der Waals surface area contributed by atoms with Crippen LogP contribution in [0, 0.1) is 4.77 Å². The molecule has 0 atom stereocenters. The standard InChI is InChI=1S/C18H19BrN4OS/c1-2-10-24-16-9-8-13(11-15(16)19)12-20-23-17(21-22-18(23)25)14-6-4-3-5-7-14/h3-9,11,20H,2,10,12H2,1H3,(H,22,25). The first-order chi connectivity index (χ1) is 12.2. The molecule has 0 aliphatic rings. The van der Waals surface area contributed by atoms with Crippen molar-refractivity contribution in [2.45, 2.75) is 19.9 Å². The Morgan fingerprint density at radius 2 is 2.04 bits per heavy atom. The van der Waals surface area contributed by atoms with E-state index in [1.165, 1.54) is 0 Å². The van der Waals surface area contributed by atoms with Gasteiger partial charge in [0, 0.05) is 5.56 Å². The summed E-state index contributed by atoms with van der Waals surface area (Å²) in [5.41, 5.74) is 5.42. The molecule has 5 nitrogen and oxygen atoms in total. The summed E-state index contributed by atoms with van der Waals surface area (Å²) in [5.74, 6) is 1.61. The predicted octanol–water partition coefficient (Wildman–Crippen LogP) is 4.90. The van der Waals surface area contributed by atoms with Gasteiger partial charge in [-0.3, -0.25) is 0 Å². The molecule has 2 aromatic carbocycles. The van der Waals surface area contributed by atoms with E-state index in [1.54, 1.807) is 4.68 Å². The Kier molecular flexibility index (Phi) is 5.88. The Morgan fingerprint density at radius 1 is 1.24 bits per heavy atom. The van der Waals surface area contributed by atoms with Crippen molar-refractivity contribution in [2.24, 2.45) is 0 Å². The zero-order valence-electron chi connectivity index (χ0n) is 13.8. The lowest BCUT2D eigenvalue weighted by molar-refractivity contribution is 0.315. The van der Waals surface area contributed by atoms with Crippen LogP contribution in [-0.4, -0.2) is 21.5 Å². The fourth-order valence-electron chi connectivity index (χ4n) is 2.38. The maximum absolute atomic E-state index is 5.68. The molecule has 0 saturated carbocycles. The average molecular weight is 419 g/mol. The lowest BCUT2D eigenvalue weighted by Gasteiger charge is -2.12. The van der Waals surface area contributed by atoms with E-state index in [9.17, 15) is 0 Å². The second-order valence-electron chi connectivity index (χ2n) is 5.50. The summed E-state index contributed by atoms with van der Waals surface area (Å²) < 4.78 is 8.95. The Hall–Kier alpha value is -2.12. The first kappa shape index (κ1) is 17.7. The highest BCUT2D eigenvalue weighted by molar-refractivity contribution is 9.10. The van der Waals surface area contributed by atoms with Gasteiger partial charge in [-0.15, -0.1) is 0 Å². The number of nitrogens with zero attached hydrogens (tertiary/aromatic N) is 2. The van der Waals surface area contributed by atoms with Gasteiger partial charge in [0.2, 0.25) is 4.77 Å². The molecule has 0 aliphatic carbocycles. The molecular weight excluding hydrogens is 400 g/mol. The number of aromatic nitrogens is 3. The minimum atomic E-state index is 0.529. The first-order valence-electron chi connectivity index (χ1n) is 8.07. The van der Waals surface area contributed by atoms with E-state index in [1.807, 2.05) is 48.5 Å². The van der Waals surface area contributed by atoms with Crippen molar-refractivity contribution in [1.82, 2.24) is 14.9 Å². The Bertz CT molecular complexity index is 892. The summed E-state index contributed by atoms with van der Waals surface area (Å²) in [4.78, 5) is 0. The molecule has 0 saturated heterocycles. The minimum absolute atomic E-state index is 0.529. The monoisotopic (exact) mass is 418 g/mol. The molecule has 0 unspecified atom stereocenters. The third kappa shape index (κ3) is 4.29. The van der Waals surface area contributed by atoms with E-state index >= 15 is 0 Å². The molecule has 2 N–H and O–H groups in total.